The first-order valence-electron chi connectivity index (χ1n) is 18.1. The molecule has 0 spiro atoms. The summed E-state index contributed by atoms with van der Waals surface area (Å²) in [7, 11) is -4.13. The predicted molar refractivity (Wildman–Crippen MR) is 194 cm³/mol. The Morgan fingerprint density at radius 2 is 1.85 bits per heavy atom. The number of sulfonamides is 1. The molecule has 11 nitrogen and oxygen atoms in total. The number of thiazole rings is 1. The van der Waals surface area contributed by atoms with Crippen LogP contribution in [0.2, 0.25) is 0 Å². The lowest BCUT2D eigenvalue weighted by Crippen LogP contribution is -2.60. The summed E-state index contributed by atoms with van der Waals surface area (Å²) in [6.07, 6.45) is -0.187. The largest absolute Gasteiger partial charge is 0.459 e. The lowest BCUT2D eigenvalue weighted by molar-refractivity contribution is -0.181. The number of aromatic nitrogens is 1. The van der Waals surface area contributed by atoms with Crippen LogP contribution in [0.5, 0.6) is 0 Å². The van der Waals surface area contributed by atoms with Crippen molar-refractivity contribution in [2.45, 2.75) is 108 Å². The Morgan fingerprint density at radius 1 is 1.12 bits per heavy atom. The van der Waals surface area contributed by atoms with Crippen molar-refractivity contribution in [3.05, 3.63) is 53.6 Å². The normalized spacial score (nSPS) is 24.8. The molecule has 3 fully saturated rings. The second-order valence-corrected chi connectivity index (χ2v) is 18.4. The van der Waals surface area contributed by atoms with Gasteiger partial charge in [-0.3, -0.25) is 4.79 Å². The van der Waals surface area contributed by atoms with Gasteiger partial charge in [0.05, 0.1) is 46.8 Å². The second-order valence-electron chi connectivity index (χ2n) is 15.4. The smallest absolute Gasteiger partial charge is 0.306 e. The van der Waals surface area contributed by atoms with Crippen LogP contribution in [0.3, 0.4) is 0 Å². The van der Waals surface area contributed by atoms with E-state index in [1.807, 2.05) is 27.7 Å². The Bertz CT molecular complexity index is 1820. The van der Waals surface area contributed by atoms with Gasteiger partial charge in [0.2, 0.25) is 10.0 Å². The SMILES string of the molecule is CC(C)CN(C[C@@H](O)[C@@H](CC(=O)O[C@H]1CO[C@H]2OCC[C@](C)(NC(C)C)[C@H]21)Cc1cc(F)cc(F)c1)S(=O)(=O)c1ccc2nc(NC3CC3)sc2c1. The number of benzene rings is 2. The lowest BCUT2D eigenvalue weighted by Gasteiger charge is -2.45. The molecule has 1 saturated carbocycles. The molecule has 3 N–H and O–H groups in total. The van der Waals surface area contributed by atoms with Gasteiger partial charge in [0.1, 0.15) is 17.7 Å². The first kappa shape index (κ1) is 38.9. The number of nitrogens with one attached hydrogen (secondary N) is 2. The van der Waals surface area contributed by atoms with Crippen LogP contribution in [-0.4, -0.2) is 91.2 Å². The van der Waals surface area contributed by atoms with Crippen molar-refractivity contribution in [1.29, 1.82) is 0 Å². The van der Waals surface area contributed by atoms with Gasteiger partial charge < -0.3 is 30.0 Å². The number of hydrogen-bond acceptors (Lipinski definition) is 11. The lowest BCUT2D eigenvalue weighted by atomic mass is 9.78. The minimum Gasteiger partial charge on any atom is -0.459 e. The fourth-order valence-corrected chi connectivity index (χ4v) is 10.1. The average molecular weight is 765 g/mol. The van der Waals surface area contributed by atoms with Crippen LogP contribution in [0.1, 0.15) is 65.9 Å². The Morgan fingerprint density at radius 3 is 2.52 bits per heavy atom. The molecule has 3 aliphatic rings. The maximum atomic E-state index is 14.3. The van der Waals surface area contributed by atoms with Crippen LogP contribution in [-0.2, 0) is 35.4 Å². The number of aliphatic hydroxyl groups is 1. The Balaban J connectivity index is 1.23. The van der Waals surface area contributed by atoms with Crippen LogP contribution in [0.4, 0.5) is 13.9 Å². The highest BCUT2D eigenvalue weighted by Gasteiger charge is 2.53. The van der Waals surface area contributed by atoms with Crippen molar-refractivity contribution in [3.8, 4) is 0 Å². The third-order valence-electron chi connectivity index (χ3n) is 9.91. The Kier molecular flexibility index (Phi) is 11.9. The molecule has 0 radical (unpaired) electrons. The first-order valence-corrected chi connectivity index (χ1v) is 20.4. The van der Waals surface area contributed by atoms with Gasteiger partial charge in [-0.1, -0.05) is 39.0 Å². The topological polar surface area (TPSA) is 139 Å². The fourth-order valence-electron chi connectivity index (χ4n) is 7.44. The minimum absolute atomic E-state index is 0.0566. The van der Waals surface area contributed by atoms with Gasteiger partial charge in [-0.25, -0.2) is 22.2 Å². The standard InChI is InChI=1S/C37H50F2N4O7S2/c1-21(2)18-43(52(46,47)28-8-9-29-32(17-28)51-36(41-29)40-27-6-7-27)19-30(44)24(12-23-13-25(38)16-26(39)14-23)15-33(45)50-31-20-49-35-34(31)37(5,10-11-48-35)42-22(3)4/h8-9,13-14,16-17,21-22,24,27,30-31,34-35,42,44H,6-7,10-12,15,18-20H2,1-5H3,(H,40,41)/t24-,30-,31+,34+,35-,37+/m1/s1. The number of rotatable bonds is 16. The highest BCUT2D eigenvalue weighted by atomic mass is 32.2. The van der Waals surface area contributed by atoms with Gasteiger partial charge in [0.25, 0.3) is 0 Å². The van der Waals surface area contributed by atoms with E-state index in [9.17, 15) is 27.1 Å². The van der Waals surface area contributed by atoms with E-state index in [-0.39, 0.29) is 60.9 Å². The van der Waals surface area contributed by atoms with Crippen molar-refractivity contribution >= 4 is 42.7 Å². The van der Waals surface area contributed by atoms with E-state index in [0.29, 0.717) is 29.3 Å². The van der Waals surface area contributed by atoms with E-state index in [1.54, 1.807) is 12.1 Å². The van der Waals surface area contributed by atoms with Crippen LogP contribution in [0.25, 0.3) is 10.2 Å². The molecule has 2 aromatic carbocycles. The molecule has 0 bridgehead atoms. The monoisotopic (exact) mass is 764 g/mol. The van der Waals surface area contributed by atoms with Crippen molar-refractivity contribution in [2.24, 2.45) is 17.8 Å². The maximum Gasteiger partial charge on any atom is 0.306 e. The average Bonchev–Trinajstić information content (AvgIpc) is 3.61. The zero-order chi connectivity index (χ0) is 37.4. The summed E-state index contributed by atoms with van der Waals surface area (Å²) in [6.45, 7) is 10.2. The zero-order valence-electron chi connectivity index (χ0n) is 30.3. The minimum atomic E-state index is -4.13. The number of ether oxygens (including phenoxy) is 3. The third kappa shape index (κ3) is 9.28. The molecule has 0 unspecified atom stereocenters. The molecule has 2 aliphatic heterocycles. The number of esters is 1. The quantitative estimate of drug-likeness (QED) is 0.161. The number of hydrogen-bond donors (Lipinski definition) is 3. The number of carbonyl (C=O) groups is 1. The van der Waals surface area contributed by atoms with Gasteiger partial charge in [-0.15, -0.1) is 0 Å². The molecule has 286 valence electrons. The van der Waals surface area contributed by atoms with E-state index in [4.69, 9.17) is 14.2 Å². The molecule has 1 aromatic heterocycles. The molecule has 3 heterocycles. The van der Waals surface area contributed by atoms with E-state index < -0.39 is 57.6 Å². The van der Waals surface area contributed by atoms with E-state index in [2.05, 4.69) is 22.5 Å². The molecule has 2 saturated heterocycles. The summed E-state index contributed by atoms with van der Waals surface area (Å²) in [5.74, 6) is -3.58. The molecular formula is C37H50F2N4O7S2. The second kappa shape index (κ2) is 15.9. The number of halogens is 2. The van der Waals surface area contributed by atoms with Gasteiger partial charge in [-0.05, 0) is 74.4 Å². The van der Waals surface area contributed by atoms with Crippen LogP contribution in [0.15, 0.2) is 41.3 Å². The molecule has 52 heavy (non-hydrogen) atoms. The molecular weight excluding hydrogens is 715 g/mol. The summed E-state index contributed by atoms with van der Waals surface area (Å²) in [5, 5.41) is 19.5. The molecule has 1 aliphatic carbocycles. The van der Waals surface area contributed by atoms with Gasteiger partial charge in [-0.2, -0.15) is 4.31 Å². The Hall–Kier alpha value is -2.79. The summed E-state index contributed by atoms with van der Waals surface area (Å²) in [4.78, 5) is 18.3. The zero-order valence-corrected chi connectivity index (χ0v) is 31.9. The van der Waals surface area contributed by atoms with Crippen LogP contribution < -0.4 is 10.6 Å². The van der Waals surface area contributed by atoms with Crippen LogP contribution in [0, 0.1) is 29.4 Å². The van der Waals surface area contributed by atoms with Crippen molar-refractivity contribution < 1.29 is 41.3 Å². The van der Waals surface area contributed by atoms with Crippen LogP contribution >= 0.6 is 11.3 Å². The van der Waals surface area contributed by atoms with Gasteiger partial charge in [0.15, 0.2) is 11.4 Å². The molecule has 6 atom stereocenters. The van der Waals surface area contributed by atoms with E-state index in [1.165, 1.54) is 21.7 Å². The molecule has 0 amide bonds. The number of carbonyl (C=O) groups excluding carboxylic acids is 1. The number of anilines is 1. The summed E-state index contributed by atoms with van der Waals surface area (Å²) < 4.78 is 76.7. The maximum absolute atomic E-state index is 14.3. The predicted octanol–water partition coefficient (Wildman–Crippen LogP) is 5.47. The number of aliphatic hydroxyl groups excluding tert-OH is 1. The van der Waals surface area contributed by atoms with Crippen molar-refractivity contribution in [1.82, 2.24) is 14.6 Å². The van der Waals surface area contributed by atoms with E-state index >= 15 is 0 Å². The van der Waals surface area contributed by atoms with Crippen molar-refractivity contribution in [3.63, 3.8) is 0 Å². The molecule has 15 heteroatoms. The molecule has 6 rings (SSSR count). The van der Waals surface area contributed by atoms with E-state index in [0.717, 1.165) is 36.2 Å². The van der Waals surface area contributed by atoms with Gasteiger partial charge in [0, 0.05) is 42.7 Å². The van der Waals surface area contributed by atoms with Gasteiger partial charge >= 0.3 is 5.97 Å². The Labute approximate surface area is 308 Å². The number of fused-ring (bicyclic) bond motifs is 2. The summed E-state index contributed by atoms with van der Waals surface area (Å²) in [5.41, 5.74) is 0.472. The number of nitrogens with zero attached hydrogens (tertiary/aromatic N) is 2. The van der Waals surface area contributed by atoms with Crippen molar-refractivity contribution in [2.75, 3.05) is 31.6 Å². The fraction of sp³-hybridized carbons (Fsp3) is 0.622. The highest BCUT2D eigenvalue weighted by Crippen LogP contribution is 2.40. The highest BCUT2D eigenvalue weighted by molar-refractivity contribution is 7.89. The summed E-state index contributed by atoms with van der Waals surface area (Å²) >= 11 is 1.38. The first-order chi connectivity index (χ1) is 24.6. The summed E-state index contributed by atoms with van der Waals surface area (Å²) in [6, 6.07) is 8.37. The third-order valence-corrected chi connectivity index (χ3v) is 12.7. The molecule has 3 aromatic rings.